The lowest BCUT2D eigenvalue weighted by atomic mass is 10.0. The Morgan fingerprint density at radius 1 is 1.31 bits per heavy atom. The number of amides is 1. The van der Waals surface area contributed by atoms with Gasteiger partial charge in [0.25, 0.3) is 5.91 Å². The number of carbonyl (C=O) groups is 1. The molecule has 0 bridgehead atoms. The van der Waals surface area contributed by atoms with Gasteiger partial charge in [0.2, 0.25) is 0 Å². The highest BCUT2D eigenvalue weighted by atomic mass is 32.1. The van der Waals surface area contributed by atoms with Gasteiger partial charge in [-0.1, -0.05) is 46.9 Å². The Morgan fingerprint density at radius 3 is 2.85 bits per heavy atom. The van der Waals surface area contributed by atoms with Crippen molar-refractivity contribution in [2.45, 2.75) is 19.5 Å². The maximum absolute atomic E-state index is 12.3. The van der Waals surface area contributed by atoms with E-state index in [9.17, 15) is 4.79 Å². The average Bonchev–Trinajstić information content (AvgIpc) is 3.29. The summed E-state index contributed by atoms with van der Waals surface area (Å²) in [7, 11) is 0. The minimum atomic E-state index is -0.273. The number of benzene rings is 1. The number of aromatic nitrogens is 5. The van der Waals surface area contributed by atoms with Gasteiger partial charge in [0.05, 0.1) is 32.0 Å². The van der Waals surface area contributed by atoms with Gasteiger partial charge in [-0.05, 0) is 6.92 Å². The van der Waals surface area contributed by atoms with Crippen molar-refractivity contribution in [2.24, 2.45) is 5.92 Å². The van der Waals surface area contributed by atoms with E-state index in [0.717, 1.165) is 28.8 Å². The zero-order chi connectivity index (χ0) is 17.9. The summed E-state index contributed by atoms with van der Waals surface area (Å²) in [5, 5.41) is 20.7. The molecule has 1 atom stereocenters. The first kappa shape index (κ1) is 16.8. The Hall–Kier alpha value is -2.65. The van der Waals surface area contributed by atoms with Gasteiger partial charge in [0.1, 0.15) is 10.0 Å². The standard InChI is InChI=1S/C17H18N6O2S/c1-11(13-9-25-10-13)23-8-14(19-22-23)16(24)18-7-15-20-21-17(26-15)12-5-3-2-4-6-12/h2-6,8,11,13H,7,9-10H2,1H3,(H,18,24)/t11-/m1/s1. The molecule has 134 valence electrons. The molecule has 0 spiro atoms. The highest BCUT2D eigenvalue weighted by Gasteiger charge is 2.27. The van der Waals surface area contributed by atoms with Crippen LogP contribution in [0.2, 0.25) is 0 Å². The van der Waals surface area contributed by atoms with Crippen molar-refractivity contribution in [2.75, 3.05) is 13.2 Å². The van der Waals surface area contributed by atoms with Gasteiger partial charge in [-0.2, -0.15) is 0 Å². The fourth-order valence-corrected chi connectivity index (χ4v) is 3.38. The molecule has 1 aromatic carbocycles. The second-order valence-corrected chi connectivity index (χ2v) is 7.23. The van der Waals surface area contributed by atoms with Crippen LogP contribution < -0.4 is 5.32 Å². The topological polar surface area (TPSA) is 94.8 Å². The van der Waals surface area contributed by atoms with Gasteiger partial charge in [0.15, 0.2) is 5.69 Å². The number of nitrogens with one attached hydrogen (secondary N) is 1. The summed E-state index contributed by atoms with van der Waals surface area (Å²) in [6, 6.07) is 9.99. The van der Waals surface area contributed by atoms with E-state index < -0.39 is 0 Å². The second-order valence-electron chi connectivity index (χ2n) is 6.17. The van der Waals surface area contributed by atoms with Crippen molar-refractivity contribution in [3.8, 4) is 10.6 Å². The highest BCUT2D eigenvalue weighted by Crippen LogP contribution is 2.24. The number of nitrogens with zero attached hydrogens (tertiary/aromatic N) is 5. The lowest BCUT2D eigenvalue weighted by molar-refractivity contribution is -0.0558. The number of carbonyl (C=O) groups excluding carboxylic acids is 1. The molecule has 9 heteroatoms. The quantitative estimate of drug-likeness (QED) is 0.712. The first-order chi connectivity index (χ1) is 12.7. The zero-order valence-corrected chi connectivity index (χ0v) is 15.0. The fraction of sp³-hybridized carbons (Fsp3) is 0.353. The molecule has 1 N–H and O–H groups in total. The van der Waals surface area contributed by atoms with Crippen LogP contribution in [0.3, 0.4) is 0 Å². The number of hydrogen-bond acceptors (Lipinski definition) is 7. The van der Waals surface area contributed by atoms with E-state index in [-0.39, 0.29) is 11.9 Å². The lowest BCUT2D eigenvalue weighted by Crippen LogP contribution is -2.34. The molecule has 1 aliphatic heterocycles. The van der Waals surface area contributed by atoms with Crippen LogP contribution in [0.4, 0.5) is 0 Å². The van der Waals surface area contributed by atoms with Gasteiger partial charge < -0.3 is 10.1 Å². The molecule has 3 heterocycles. The SMILES string of the molecule is C[C@H](C1COC1)n1cc(C(=O)NCc2nnc(-c3ccccc3)s2)nn1. The van der Waals surface area contributed by atoms with Gasteiger partial charge >= 0.3 is 0 Å². The van der Waals surface area contributed by atoms with E-state index in [1.165, 1.54) is 11.3 Å². The molecule has 0 aliphatic carbocycles. The van der Waals surface area contributed by atoms with E-state index >= 15 is 0 Å². The molecule has 1 aliphatic rings. The van der Waals surface area contributed by atoms with E-state index in [0.29, 0.717) is 18.2 Å². The van der Waals surface area contributed by atoms with E-state index in [1.807, 2.05) is 30.3 Å². The normalized spacial score (nSPS) is 15.4. The van der Waals surface area contributed by atoms with E-state index in [4.69, 9.17) is 4.74 Å². The lowest BCUT2D eigenvalue weighted by Gasteiger charge is -2.31. The Labute approximate surface area is 154 Å². The monoisotopic (exact) mass is 370 g/mol. The Balaban J connectivity index is 1.35. The predicted molar refractivity (Wildman–Crippen MR) is 95.6 cm³/mol. The van der Waals surface area contributed by atoms with Gasteiger partial charge in [-0.15, -0.1) is 15.3 Å². The molecule has 2 aromatic heterocycles. The molecule has 26 heavy (non-hydrogen) atoms. The maximum Gasteiger partial charge on any atom is 0.273 e. The van der Waals surface area contributed by atoms with Crippen LogP contribution in [0, 0.1) is 5.92 Å². The predicted octanol–water partition coefficient (Wildman–Crippen LogP) is 1.93. The van der Waals surface area contributed by atoms with Crippen LogP contribution in [0.25, 0.3) is 10.6 Å². The Bertz CT molecular complexity index is 890. The largest absolute Gasteiger partial charge is 0.381 e. The van der Waals surface area contributed by atoms with Crippen molar-refractivity contribution in [1.82, 2.24) is 30.5 Å². The summed E-state index contributed by atoms with van der Waals surface area (Å²) >= 11 is 1.46. The zero-order valence-electron chi connectivity index (χ0n) is 14.2. The van der Waals surface area contributed by atoms with Gasteiger partial charge in [-0.3, -0.25) is 4.79 Å². The number of hydrogen-bond donors (Lipinski definition) is 1. The maximum atomic E-state index is 12.3. The summed E-state index contributed by atoms with van der Waals surface area (Å²) in [6.07, 6.45) is 1.67. The van der Waals surface area contributed by atoms with Crippen molar-refractivity contribution in [3.05, 3.63) is 47.2 Å². The molecule has 0 saturated carbocycles. The summed E-state index contributed by atoms with van der Waals surface area (Å²) in [5.41, 5.74) is 1.31. The fourth-order valence-electron chi connectivity index (χ4n) is 2.60. The Kier molecular flexibility index (Phi) is 4.72. The Morgan fingerprint density at radius 2 is 2.12 bits per heavy atom. The van der Waals surface area contributed by atoms with Crippen molar-refractivity contribution >= 4 is 17.2 Å². The minimum Gasteiger partial charge on any atom is -0.381 e. The van der Waals surface area contributed by atoms with Crippen LogP contribution in [0.5, 0.6) is 0 Å². The van der Waals surface area contributed by atoms with Crippen molar-refractivity contribution in [1.29, 1.82) is 0 Å². The van der Waals surface area contributed by atoms with Gasteiger partial charge in [-0.25, -0.2) is 4.68 Å². The van der Waals surface area contributed by atoms with Crippen LogP contribution >= 0.6 is 11.3 Å². The number of rotatable bonds is 6. The molecular weight excluding hydrogens is 352 g/mol. The van der Waals surface area contributed by atoms with Crippen LogP contribution in [0.15, 0.2) is 36.5 Å². The molecule has 3 aromatic rings. The van der Waals surface area contributed by atoms with Crippen LogP contribution in [0.1, 0.15) is 28.5 Å². The average molecular weight is 370 g/mol. The molecule has 0 radical (unpaired) electrons. The third-order valence-electron chi connectivity index (χ3n) is 4.39. The second kappa shape index (κ2) is 7.30. The molecule has 1 saturated heterocycles. The first-order valence-corrected chi connectivity index (χ1v) is 9.18. The van der Waals surface area contributed by atoms with Crippen molar-refractivity contribution < 1.29 is 9.53 Å². The van der Waals surface area contributed by atoms with Crippen LogP contribution in [-0.4, -0.2) is 44.3 Å². The molecular formula is C17H18N6O2S. The van der Waals surface area contributed by atoms with E-state index in [1.54, 1.807) is 10.9 Å². The minimum absolute atomic E-state index is 0.161. The summed E-state index contributed by atoms with van der Waals surface area (Å²) < 4.78 is 6.92. The third-order valence-corrected chi connectivity index (χ3v) is 5.37. The molecule has 1 fully saturated rings. The first-order valence-electron chi connectivity index (χ1n) is 8.36. The van der Waals surface area contributed by atoms with E-state index in [2.05, 4.69) is 32.7 Å². The molecule has 4 rings (SSSR count). The molecule has 1 amide bonds. The summed E-state index contributed by atoms with van der Waals surface area (Å²) in [5.74, 6) is 0.148. The smallest absolute Gasteiger partial charge is 0.273 e. The molecule has 8 nitrogen and oxygen atoms in total. The third kappa shape index (κ3) is 3.49. The summed E-state index contributed by atoms with van der Waals surface area (Å²) in [4.78, 5) is 12.3. The number of ether oxygens (including phenoxy) is 1. The molecule has 0 unspecified atom stereocenters. The van der Waals surface area contributed by atoms with Crippen molar-refractivity contribution in [3.63, 3.8) is 0 Å². The van der Waals surface area contributed by atoms with Gasteiger partial charge in [0, 0.05) is 11.5 Å². The summed E-state index contributed by atoms with van der Waals surface area (Å²) in [6.45, 7) is 3.81. The van der Waals surface area contributed by atoms with Crippen LogP contribution in [-0.2, 0) is 11.3 Å². The highest BCUT2D eigenvalue weighted by molar-refractivity contribution is 7.14.